The molecule has 2 atom stereocenters. The Labute approximate surface area is 134 Å². The highest BCUT2D eigenvalue weighted by atomic mass is 35.5. The molecule has 0 spiro atoms. The number of anilines is 1. The maximum Gasteiger partial charge on any atom is 0.132 e. The van der Waals surface area contributed by atoms with Gasteiger partial charge < -0.3 is 11.1 Å². The van der Waals surface area contributed by atoms with Crippen LogP contribution in [0.15, 0.2) is 47.5 Å². The van der Waals surface area contributed by atoms with Crippen LogP contribution < -0.4 is 11.1 Å². The Morgan fingerprint density at radius 3 is 2.73 bits per heavy atom. The SMILES string of the molecule is CC1N=C(c2ccccc2F)c2cc(Cl)ccc2NC1CN. The predicted octanol–water partition coefficient (Wildman–Crippen LogP) is 3.46. The second kappa shape index (κ2) is 6.07. The van der Waals surface area contributed by atoms with E-state index < -0.39 is 0 Å². The highest BCUT2D eigenvalue weighted by Crippen LogP contribution is 2.29. The van der Waals surface area contributed by atoms with E-state index in [9.17, 15) is 4.39 Å². The fraction of sp³-hybridized carbons (Fsp3) is 0.235. The van der Waals surface area contributed by atoms with E-state index in [1.165, 1.54) is 6.07 Å². The minimum atomic E-state index is -0.300. The lowest BCUT2D eigenvalue weighted by Gasteiger charge is -2.20. The zero-order chi connectivity index (χ0) is 15.7. The lowest BCUT2D eigenvalue weighted by molar-refractivity contribution is 0.606. The fourth-order valence-corrected chi connectivity index (χ4v) is 2.82. The van der Waals surface area contributed by atoms with Crippen LogP contribution in [0.5, 0.6) is 0 Å². The number of nitrogens with one attached hydrogen (secondary N) is 1. The average Bonchev–Trinajstić information content (AvgIpc) is 2.64. The monoisotopic (exact) mass is 317 g/mol. The normalized spacial score (nSPS) is 20.6. The number of fused-ring (bicyclic) bond motifs is 1. The predicted molar refractivity (Wildman–Crippen MR) is 89.4 cm³/mol. The number of aliphatic imine (C=N–C) groups is 1. The number of hydrogen-bond acceptors (Lipinski definition) is 3. The molecule has 1 aliphatic heterocycles. The molecule has 0 radical (unpaired) electrons. The molecule has 0 aromatic heterocycles. The van der Waals surface area contributed by atoms with Gasteiger partial charge in [-0.15, -0.1) is 0 Å². The molecule has 3 N–H and O–H groups in total. The van der Waals surface area contributed by atoms with E-state index in [1.54, 1.807) is 30.3 Å². The second-order valence-electron chi connectivity index (χ2n) is 5.37. The molecule has 0 aliphatic carbocycles. The number of nitrogens with two attached hydrogens (primary N) is 1. The summed E-state index contributed by atoms with van der Waals surface area (Å²) in [4.78, 5) is 4.72. The van der Waals surface area contributed by atoms with Crippen LogP contribution in [0.2, 0.25) is 5.02 Å². The van der Waals surface area contributed by atoms with Crippen LogP contribution >= 0.6 is 11.6 Å². The van der Waals surface area contributed by atoms with Gasteiger partial charge in [-0.25, -0.2) is 4.39 Å². The van der Waals surface area contributed by atoms with Gasteiger partial charge >= 0.3 is 0 Å². The summed E-state index contributed by atoms with van der Waals surface area (Å²) < 4.78 is 14.2. The molecule has 2 aromatic carbocycles. The van der Waals surface area contributed by atoms with E-state index in [4.69, 9.17) is 22.3 Å². The molecule has 3 nitrogen and oxygen atoms in total. The van der Waals surface area contributed by atoms with Crippen LogP contribution in [-0.2, 0) is 0 Å². The van der Waals surface area contributed by atoms with Crippen molar-refractivity contribution in [2.24, 2.45) is 10.7 Å². The van der Waals surface area contributed by atoms with Crippen molar-refractivity contribution in [1.29, 1.82) is 0 Å². The second-order valence-corrected chi connectivity index (χ2v) is 5.81. The molecule has 114 valence electrons. The van der Waals surface area contributed by atoms with Crippen molar-refractivity contribution in [2.45, 2.75) is 19.0 Å². The zero-order valence-corrected chi connectivity index (χ0v) is 12.9. The van der Waals surface area contributed by atoms with Crippen molar-refractivity contribution in [2.75, 3.05) is 11.9 Å². The van der Waals surface area contributed by atoms with E-state index in [1.807, 2.05) is 13.0 Å². The maximum atomic E-state index is 14.2. The summed E-state index contributed by atoms with van der Waals surface area (Å²) in [6, 6.07) is 12.0. The van der Waals surface area contributed by atoms with Gasteiger partial charge in [0.25, 0.3) is 0 Å². The van der Waals surface area contributed by atoms with Gasteiger partial charge in [-0.1, -0.05) is 23.7 Å². The minimum absolute atomic E-state index is 0.0100. The molecule has 1 aliphatic rings. The molecule has 0 bridgehead atoms. The topological polar surface area (TPSA) is 50.4 Å². The first-order valence-corrected chi connectivity index (χ1v) is 7.57. The molecule has 0 fully saturated rings. The van der Waals surface area contributed by atoms with Crippen LogP contribution in [-0.4, -0.2) is 24.3 Å². The summed E-state index contributed by atoms with van der Waals surface area (Å²) >= 11 is 6.13. The number of benzene rings is 2. The number of halogens is 2. The minimum Gasteiger partial charge on any atom is -0.378 e. The summed E-state index contributed by atoms with van der Waals surface area (Å²) in [7, 11) is 0. The van der Waals surface area contributed by atoms with Gasteiger partial charge in [0.2, 0.25) is 0 Å². The van der Waals surface area contributed by atoms with E-state index >= 15 is 0 Å². The third kappa shape index (κ3) is 2.72. The van der Waals surface area contributed by atoms with Gasteiger partial charge in [0.15, 0.2) is 0 Å². The van der Waals surface area contributed by atoms with E-state index in [0.717, 1.165) is 11.3 Å². The molecule has 0 saturated carbocycles. The lowest BCUT2D eigenvalue weighted by atomic mass is 10.00. The quantitative estimate of drug-likeness (QED) is 0.891. The average molecular weight is 318 g/mol. The van der Waals surface area contributed by atoms with Crippen LogP contribution in [0.25, 0.3) is 0 Å². The van der Waals surface area contributed by atoms with Crippen molar-refractivity contribution in [3.8, 4) is 0 Å². The van der Waals surface area contributed by atoms with Crippen molar-refractivity contribution >= 4 is 23.0 Å². The Bertz CT molecular complexity index is 730. The standard InChI is InChI=1S/C17H17ClFN3/c1-10-16(9-20)22-15-7-6-11(18)8-13(15)17(21-10)12-4-2-3-5-14(12)19/h2-8,10,16,22H,9,20H2,1H3. The lowest BCUT2D eigenvalue weighted by Crippen LogP contribution is -2.36. The number of nitrogens with zero attached hydrogens (tertiary/aromatic N) is 1. The Morgan fingerprint density at radius 1 is 1.23 bits per heavy atom. The Kier molecular flexibility index (Phi) is 4.14. The zero-order valence-electron chi connectivity index (χ0n) is 12.2. The van der Waals surface area contributed by atoms with Crippen LogP contribution in [0.1, 0.15) is 18.1 Å². The number of benzodiazepines with no additional fused rings is 1. The summed E-state index contributed by atoms with van der Waals surface area (Å²) in [5.74, 6) is -0.300. The summed E-state index contributed by atoms with van der Waals surface area (Å²) in [5.41, 5.74) is 8.56. The molecule has 5 heteroatoms. The number of hydrogen-bond donors (Lipinski definition) is 2. The highest BCUT2D eigenvalue weighted by molar-refractivity contribution is 6.31. The van der Waals surface area contributed by atoms with Crippen molar-refractivity contribution < 1.29 is 4.39 Å². The molecule has 1 heterocycles. The van der Waals surface area contributed by atoms with Gasteiger partial charge in [0.05, 0.1) is 17.8 Å². The summed E-state index contributed by atoms with van der Waals surface area (Å²) in [6.45, 7) is 2.41. The molecule has 22 heavy (non-hydrogen) atoms. The van der Waals surface area contributed by atoms with Gasteiger partial charge in [-0.05, 0) is 37.3 Å². The molecule has 0 amide bonds. The molecule has 3 rings (SSSR count). The third-order valence-corrected chi connectivity index (χ3v) is 4.11. The van der Waals surface area contributed by atoms with Crippen LogP contribution in [0, 0.1) is 5.82 Å². The molecular formula is C17H17ClFN3. The largest absolute Gasteiger partial charge is 0.378 e. The first-order valence-electron chi connectivity index (χ1n) is 7.19. The van der Waals surface area contributed by atoms with Crippen molar-refractivity contribution in [3.63, 3.8) is 0 Å². The highest BCUT2D eigenvalue weighted by Gasteiger charge is 2.25. The maximum absolute atomic E-state index is 14.2. The molecule has 2 aromatic rings. The first kappa shape index (κ1) is 15.0. The fourth-order valence-electron chi connectivity index (χ4n) is 2.65. The van der Waals surface area contributed by atoms with E-state index in [2.05, 4.69) is 5.32 Å². The third-order valence-electron chi connectivity index (χ3n) is 3.88. The number of rotatable bonds is 2. The Hall–Kier alpha value is -1.91. The summed E-state index contributed by atoms with van der Waals surface area (Å²) in [6.07, 6.45) is 0. The first-order chi connectivity index (χ1) is 10.6. The molecule has 0 saturated heterocycles. The van der Waals surface area contributed by atoms with Gasteiger partial charge in [0, 0.05) is 28.4 Å². The van der Waals surface area contributed by atoms with Crippen LogP contribution in [0.3, 0.4) is 0 Å². The molecular weight excluding hydrogens is 301 g/mol. The van der Waals surface area contributed by atoms with Gasteiger partial charge in [-0.2, -0.15) is 0 Å². The van der Waals surface area contributed by atoms with E-state index in [-0.39, 0.29) is 17.9 Å². The Morgan fingerprint density at radius 2 is 2.00 bits per heavy atom. The van der Waals surface area contributed by atoms with Gasteiger partial charge in [-0.3, -0.25) is 4.99 Å². The van der Waals surface area contributed by atoms with Crippen molar-refractivity contribution in [1.82, 2.24) is 0 Å². The summed E-state index contributed by atoms with van der Waals surface area (Å²) in [5, 5.41) is 3.97. The van der Waals surface area contributed by atoms with E-state index in [0.29, 0.717) is 22.8 Å². The van der Waals surface area contributed by atoms with Crippen LogP contribution in [0.4, 0.5) is 10.1 Å². The molecule has 2 unspecified atom stereocenters. The smallest absolute Gasteiger partial charge is 0.132 e. The Balaban J connectivity index is 2.23. The van der Waals surface area contributed by atoms with Gasteiger partial charge in [0.1, 0.15) is 5.82 Å². The van der Waals surface area contributed by atoms with Crippen molar-refractivity contribution in [3.05, 3.63) is 64.4 Å².